The zero-order valence-corrected chi connectivity index (χ0v) is 13.6. The van der Waals surface area contributed by atoms with E-state index in [2.05, 4.69) is 15.2 Å². The number of carbonyl (C=O) groups excluding carboxylic acids is 1. The van der Waals surface area contributed by atoms with Crippen LogP contribution in [-0.4, -0.2) is 47.6 Å². The quantitative estimate of drug-likeness (QED) is 0.896. The number of hydrogen-bond donors (Lipinski definition) is 1. The molecule has 5 nitrogen and oxygen atoms in total. The Kier molecular flexibility index (Phi) is 4.15. The van der Waals surface area contributed by atoms with Crippen LogP contribution in [0.5, 0.6) is 0 Å². The van der Waals surface area contributed by atoms with Crippen molar-refractivity contribution < 1.29 is 9.53 Å². The SMILES string of the molecule is O=C(NCC1CC1)[C@H]1C[C@@H]2OCCN(Cc3nccs3)[C@H]2C1. The van der Waals surface area contributed by atoms with Crippen molar-refractivity contribution >= 4 is 17.2 Å². The Labute approximate surface area is 135 Å². The maximum atomic E-state index is 12.3. The van der Waals surface area contributed by atoms with Crippen LogP contribution in [0.1, 0.15) is 30.7 Å². The molecule has 120 valence electrons. The summed E-state index contributed by atoms with van der Waals surface area (Å²) in [6, 6.07) is 0.370. The molecule has 0 aromatic carbocycles. The van der Waals surface area contributed by atoms with E-state index < -0.39 is 0 Å². The van der Waals surface area contributed by atoms with Crippen molar-refractivity contribution in [2.45, 2.75) is 44.4 Å². The van der Waals surface area contributed by atoms with Gasteiger partial charge in [-0.15, -0.1) is 11.3 Å². The van der Waals surface area contributed by atoms with Gasteiger partial charge in [-0.25, -0.2) is 4.98 Å². The molecule has 1 aromatic rings. The number of amides is 1. The van der Waals surface area contributed by atoms with Gasteiger partial charge in [0.05, 0.1) is 19.3 Å². The van der Waals surface area contributed by atoms with Crippen molar-refractivity contribution in [1.82, 2.24) is 15.2 Å². The van der Waals surface area contributed by atoms with Crippen LogP contribution in [0.4, 0.5) is 0 Å². The van der Waals surface area contributed by atoms with Crippen LogP contribution in [0.2, 0.25) is 0 Å². The molecular formula is C16H23N3O2S. The lowest BCUT2D eigenvalue weighted by molar-refractivity contribution is -0.125. The number of ether oxygens (including phenoxy) is 1. The van der Waals surface area contributed by atoms with E-state index in [1.165, 1.54) is 12.8 Å². The van der Waals surface area contributed by atoms with E-state index in [9.17, 15) is 4.79 Å². The first kappa shape index (κ1) is 14.6. The van der Waals surface area contributed by atoms with Gasteiger partial charge in [-0.3, -0.25) is 9.69 Å². The van der Waals surface area contributed by atoms with Crippen molar-refractivity contribution in [1.29, 1.82) is 0 Å². The summed E-state index contributed by atoms with van der Waals surface area (Å²) in [4.78, 5) is 19.2. The molecule has 0 radical (unpaired) electrons. The van der Waals surface area contributed by atoms with Gasteiger partial charge in [0.15, 0.2) is 0 Å². The third kappa shape index (κ3) is 3.19. The number of hydrogen-bond acceptors (Lipinski definition) is 5. The lowest BCUT2D eigenvalue weighted by Crippen LogP contribution is -2.47. The number of thiazole rings is 1. The van der Waals surface area contributed by atoms with Crippen LogP contribution in [-0.2, 0) is 16.1 Å². The van der Waals surface area contributed by atoms with Gasteiger partial charge in [0, 0.05) is 36.6 Å². The Hall–Kier alpha value is -0.980. The monoisotopic (exact) mass is 321 g/mol. The molecule has 1 N–H and O–H groups in total. The number of aromatic nitrogens is 1. The normalized spacial score (nSPS) is 31.9. The van der Waals surface area contributed by atoms with Crippen molar-refractivity contribution in [3.63, 3.8) is 0 Å². The first-order valence-corrected chi connectivity index (χ1v) is 9.19. The summed E-state index contributed by atoms with van der Waals surface area (Å²) in [5.74, 6) is 1.09. The topological polar surface area (TPSA) is 54.5 Å². The third-order valence-electron chi connectivity index (χ3n) is 5.11. The molecule has 0 unspecified atom stereocenters. The second-order valence-electron chi connectivity index (χ2n) is 6.73. The van der Waals surface area contributed by atoms with Gasteiger partial charge < -0.3 is 10.1 Å². The van der Waals surface area contributed by atoms with Crippen molar-refractivity contribution in [2.75, 3.05) is 19.7 Å². The first-order chi connectivity index (χ1) is 10.8. The van der Waals surface area contributed by atoms with E-state index >= 15 is 0 Å². The van der Waals surface area contributed by atoms with E-state index in [4.69, 9.17) is 4.74 Å². The minimum absolute atomic E-state index is 0.116. The molecule has 22 heavy (non-hydrogen) atoms. The molecular weight excluding hydrogens is 298 g/mol. The van der Waals surface area contributed by atoms with Gasteiger partial charge in [0.25, 0.3) is 0 Å². The fourth-order valence-corrected chi connectivity index (χ4v) is 4.29. The minimum atomic E-state index is 0.116. The molecule has 3 aliphatic rings. The van der Waals surface area contributed by atoms with E-state index in [-0.39, 0.29) is 17.9 Å². The molecule has 3 fully saturated rings. The molecule has 1 aliphatic heterocycles. The molecule has 1 saturated heterocycles. The number of rotatable bonds is 5. The van der Waals surface area contributed by atoms with E-state index in [0.29, 0.717) is 6.04 Å². The standard InChI is InChI=1S/C16H23N3O2S/c20-16(18-9-11-1-2-11)12-7-13-14(8-12)21-5-4-19(13)10-15-17-3-6-22-15/h3,6,11-14H,1-2,4-5,7-10H2,(H,18,20)/t12-,13+,14+/m1/s1. The molecule has 1 amide bonds. The molecule has 6 heteroatoms. The second kappa shape index (κ2) is 6.26. The highest BCUT2D eigenvalue weighted by Gasteiger charge is 2.43. The predicted molar refractivity (Wildman–Crippen MR) is 84.5 cm³/mol. The summed E-state index contributed by atoms with van der Waals surface area (Å²) in [6.45, 7) is 3.47. The number of carbonyl (C=O) groups is 1. The zero-order chi connectivity index (χ0) is 14.9. The summed E-state index contributed by atoms with van der Waals surface area (Å²) in [7, 11) is 0. The maximum absolute atomic E-state index is 12.3. The smallest absolute Gasteiger partial charge is 0.223 e. The van der Waals surface area contributed by atoms with Crippen LogP contribution < -0.4 is 5.32 Å². The summed E-state index contributed by atoms with van der Waals surface area (Å²) < 4.78 is 5.93. The Bertz CT molecular complexity index is 517. The predicted octanol–water partition coefficient (Wildman–Crippen LogP) is 1.65. The van der Waals surface area contributed by atoms with Gasteiger partial charge >= 0.3 is 0 Å². The molecule has 2 heterocycles. The number of nitrogens with zero attached hydrogens (tertiary/aromatic N) is 2. The Balaban J connectivity index is 1.36. The fourth-order valence-electron chi connectivity index (χ4n) is 3.65. The van der Waals surface area contributed by atoms with E-state index in [0.717, 1.165) is 50.0 Å². The summed E-state index contributed by atoms with van der Waals surface area (Å²) in [6.07, 6.45) is 6.43. The van der Waals surface area contributed by atoms with E-state index in [1.54, 1.807) is 11.3 Å². The number of morpholine rings is 1. The van der Waals surface area contributed by atoms with Gasteiger partial charge in [0.1, 0.15) is 5.01 Å². The fraction of sp³-hybridized carbons (Fsp3) is 0.750. The molecule has 2 saturated carbocycles. The lowest BCUT2D eigenvalue weighted by Gasteiger charge is -2.37. The van der Waals surface area contributed by atoms with Crippen LogP contribution in [0, 0.1) is 11.8 Å². The lowest BCUT2D eigenvalue weighted by atomic mass is 10.1. The highest BCUT2D eigenvalue weighted by Crippen LogP contribution is 2.35. The summed E-state index contributed by atoms with van der Waals surface area (Å²) in [5, 5.41) is 6.31. The molecule has 0 spiro atoms. The summed E-state index contributed by atoms with van der Waals surface area (Å²) >= 11 is 1.70. The van der Waals surface area contributed by atoms with Gasteiger partial charge in [-0.2, -0.15) is 0 Å². The zero-order valence-electron chi connectivity index (χ0n) is 12.7. The highest BCUT2D eigenvalue weighted by molar-refractivity contribution is 7.09. The summed E-state index contributed by atoms with van der Waals surface area (Å²) in [5.41, 5.74) is 0. The van der Waals surface area contributed by atoms with Crippen LogP contribution >= 0.6 is 11.3 Å². The largest absolute Gasteiger partial charge is 0.375 e. The molecule has 1 aromatic heterocycles. The average Bonchev–Trinajstić information content (AvgIpc) is 3.02. The van der Waals surface area contributed by atoms with Crippen LogP contribution in [0.15, 0.2) is 11.6 Å². The number of fused-ring (bicyclic) bond motifs is 1. The second-order valence-corrected chi connectivity index (χ2v) is 7.71. The van der Waals surface area contributed by atoms with Crippen LogP contribution in [0.3, 0.4) is 0 Å². The molecule has 3 atom stereocenters. The van der Waals surface area contributed by atoms with Crippen molar-refractivity contribution in [3.8, 4) is 0 Å². The Morgan fingerprint density at radius 3 is 3.14 bits per heavy atom. The Morgan fingerprint density at radius 2 is 2.36 bits per heavy atom. The van der Waals surface area contributed by atoms with Gasteiger partial charge in [-0.1, -0.05) is 0 Å². The highest BCUT2D eigenvalue weighted by atomic mass is 32.1. The molecule has 4 rings (SSSR count). The van der Waals surface area contributed by atoms with E-state index in [1.807, 2.05) is 11.6 Å². The number of nitrogens with one attached hydrogen (secondary N) is 1. The molecule has 2 aliphatic carbocycles. The minimum Gasteiger partial charge on any atom is -0.375 e. The van der Waals surface area contributed by atoms with Crippen molar-refractivity contribution in [3.05, 3.63) is 16.6 Å². The van der Waals surface area contributed by atoms with Gasteiger partial charge in [0.2, 0.25) is 5.91 Å². The first-order valence-electron chi connectivity index (χ1n) is 8.31. The van der Waals surface area contributed by atoms with Crippen molar-refractivity contribution in [2.24, 2.45) is 11.8 Å². The Morgan fingerprint density at radius 1 is 1.45 bits per heavy atom. The van der Waals surface area contributed by atoms with Crippen LogP contribution in [0.25, 0.3) is 0 Å². The average molecular weight is 321 g/mol. The van der Waals surface area contributed by atoms with Gasteiger partial charge in [-0.05, 0) is 31.6 Å². The molecule has 0 bridgehead atoms. The third-order valence-corrected chi connectivity index (χ3v) is 5.87. The maximum Gasteiger partial charge on any atom is 0.223 e.